The predicted octanol–water partition coefficient (Wildman–Crippen LogP) is 3.56. The molecular formula is C16H17NO2S. The summed E-state index contributed by atoms with van der Waals surface area (Å²) in [5.41, 5.74) is 2.74. The number of nitrogens with zero attached hydrogens (tertiary/aromatic N) is 1. The summed E-state index contributed by atoms with van der Waals surface area (Å²) in [6, 6.07) is 7.08. The molecule has 20 heavy (non-hydrogen) atoms. The van der Waals surface area contributed by atoms with Gasteiger partial charge in [-0.25, -0.2) is 9.78 Å². The van der Waals surface area contributed by atoms with Crippen LogP contribution in [0.2, 0.25) is 0 Å². The van der Waals surface area contributed by atoms with Gasteiger partial charge in [0, 0.05) is 11.3 Å². The molecule has 1 heterocycles. The van der Waals surface area contributed by atoms with E-state index in [0.29, 0.717) is 5.56 Å². The number of carboxylic acid groups (broad SMARTS) is 1. The second-order valence-electron chi connectivity index (χ2n) is 5.50. The highest BCUT2D eigenvalue weighted by Crippen LogP contribution is 2.30. The van der Waals surface area contributed by atoms with Crippen LogP contribution in [-0.2, 0) is 19.3 Å². The highest BCUT2D eigenvalue weighted by Gasteiger charge is 2.19. The quantitative estimate of drug-likeness (QED) is 0.939. The predicted molar refractivity (Wildman–Crippen MR) is 79.5 cm³/mol. The zero-order chi connectivity index (χ0) is 14.1. The summed E-state index contributed by atoms with van der Waals surface area (Å²) in [5, 5.41) is 10.0. The molecule has 2 aromatic rings. The standard InChI is InChI=1S/C16H17NO2S/c1-10-2-7-13-14(8-10)20-15(17-13)9-11-3-5-12(6-4-11)16(18)19/h3-6,10H,2,7-9H2,1H3,(H,18,19). The van der Waals surface area contributed by atoms with Crippen molar-refractivity contribution >= 4 is 17.3 Å². The van der Waals surface area contributed by atoms with E-state index >= 15 is 0 Å². The lowest BCUT2D eigenvalue weighted by atomic mass is 9.93. The van der Waals surface area contributed by atoms with Crippen molar-refractivity contribution in [3.63, 3.8) is 0 Å². The van der Waals surface area contributed by atoms with Crippen LogP contribution in [0.4, 0.5) is 0 Å². The topological polar surface area (TPSA) is 50.2 Å². The third kappa shape index (κ3) is 2.75. The number of aromatic carboxylic acids is 1. The lowest BCUT2D eigenvalue weighted by Crippen LogP contribution is -2.09. The highest BCUT2D eigenvalue weighted by atomic mass is 32.1. The fraction of sp³-hybridized carbons (Fsp3) is 0.375. The van der Waals surface area contributed by atoms with E-state index in [4.69, 9.17) is 10.1 Å². The molecule has 3 nitrogen and oxygen atoms in total. The van der Waals surface area contributed by atoms with Gasteiger partial charge >= 0.3 is 5.97 Å². The molecule has 0 amide bonds. The smallest absolute Gasteiger partial charge is 0.335 e. The van der Waals surface area contributed by atoms with Crippen LogP contribution in [0.3, 0.4) is 0 Å². The molecule has 3 rings (SSSR count). The highest BCUT2D eigenvalue weighted by molar-refractivity contribution is 7.11. The molecule has 0 fully saturated rings. The van der Waals surface area contributed by atoms with Gasteiger partial charge in [0.25, 0.3) is 0 Å². The van der Waals surface area contributed by atoms with Crippen LogP contribution in [0.25, 0.3) is 0 Å². The normalized spacial score (nSPS) is 17.8. The summed E-state index contributed by atoms with van der Waals surface area (Å²) >= 11 is 1.82. The van der Waals surface area contributed by atoms with Crippen LogP contribution in [0.1, 0.15) is 44.8 Å². The van der Waals surface area contributed by atoms with E-state index in [-0.39, 0.29) is 0 Å². The van der Waals surface area contributed by atoms with E-state index in [9.17, 15) is 4.79 Å². The number of carboxylic acids is 1. The van der Waals surface area contributed by atoms with Gasteiger partial charge in [-0.2, -0.15) is 0 Å². The van der Waals surface area contributed by atoms with Gasteiger partial charge in [0.2, 0.25) is 0 Å². The summed E-state index contributed by atoms with van der Waals surface area (Å²) in [6.07, 6.45) is 4.30. The van der Waals surface area contributed by atoms with Crippen LogP contribution in [-0.4, -0.2) is 16.1 Å². The molecule has 0 saturated heterocycles. The van der Waals surface area contributed by atoms with Gasteiger partial charge in [0.05, 0.1) is 16.3 Å². The van der Waals surface area contributed by atoms with Gasteiger partial charge in [0.15, 0.2) is 0 Å². The number of benzene rings is 1. The van der Waals surface area contributed by atoms with Gasteiger partial charge < -0.3 is 5.11 Å². The fourth-order valence-electron chi connectivity index (χ4n) is 2.61. The number of hydrogen-bond acceptors (Lipinski definition) is 3. The third-order valence-electron chi connectivity index (χ3n) is 3.79. The summed E-state index contributed by atoms with van der Waals surface area (Å²) < 4.78 is 0. The third-order valence-corrected chi connectivity index (χ3v) is 4.91. The maximum atomic E-state index is 10.8. The number of aryl methyl sites for hydroxylation is 1. The molecule has 1 aromatic carbocycles. The van der Waals surface area contributed by atoms with E-state index in [1.807, 2.05) is 23.5 Å². The van der Waals surface area contributed by atoms with E-state index in [0.717, 1.165) is 35.8 Å². The van der Waals surface area contributed by atoms with Crippen molar-refractivity contribution in [2.75, 3.05) is 0 Å². The van der Waals surface area contributed by atoms with Crippen LogP contribution < -0.4 is 0 Å². The van der Waals surface area contributed by atoms with Gasteiger partial charge in [-0.05, 0) is 42.9 Å². The Labute approximate surface area is 122 Å². The van der Waals surface area contributed by atoms with E-state index in [1.165, 1.54) is 17.0 Å². The average Bonchev–Trinajstić information content (AvgIpc) is 2.80. The molecule has 1 N–H and O–H groups in total. The molecular weight excluding hydrogens is 270 g/mol. The van der Waals surface area contributed by atoms with Gasteiger partial charge in [-0.1, -0.05) is 19.1 Å². The second-order valence-corrected chi connectivity index (χ2v) is 6.67. The first kappa shape index (κ1) is 13.3. The fourth-order valence-corrected chi connectivity index (χ4v) is 3.92. The molecule has 1 aliphatic carbocycles. The zero-order valence-corrected chi connectivity index (χ0v) is 12.2. The minimum atomic E-state index is -0.879. The SMILES string of the molecule is CC1CCc2nc(Cc3ccc(C(=O)O)cc3)sc2C1. The number of fused-ring (bicyclic) bond motifs is 1. The Morgan fingerprint density at radius 3 is 2.85 bits per heavy atom. The first-order valence-electron chi connectivity index (χ1n) is 6.91. The maximum absolute atomic E-state index is 10.8. The van der Waals surface area contributed by atoms with Crippen molar-refractivity contribution < 1.29 is 9.90 Å². The molecule has 1 aromatic heterocycles. The molecule has 4 heteroatoms. The molecule has 0 aliphatic heterocycles. The van der Waals surface area contributed by atoms with Crippen molar-refractivity contribution in [2.45, 2.75) is 32.6 Å². The van der Waals surface area contributed by atoms with Crippen molar-refractivity contribution in [2.24, 2.45) is 5.92 Å². The molecule has 0 radical (unpaired) electrons. The van der Waals surface area contributed by atoms with Crippen molar-refractivity contribution in [3.05, 3.63) is 51.0 Å². The number of aromatic nitrogens is 1. The van der Waals surface area contributed by atoms with Crippen LogP contribution in [0.15, 0.2) is 24.3 Å². The Balaban J connectivity index is 1.76. The molecule has 104 valence electrons. The number of carbonyl (C=O) groups is 1. The Morgan fingerprint density at radius 1 is 1.40 bits per heavy atom. The maximum Gasteiger partial charge on any atom is 0.335 e. The summed E-state index contributed by atoms with van der Waals surface area (Å²) in [5.74, 6) is -0.110. The zero-order valence-electron chi connectivity index (χ0n) is 11.4. The van der Waals surface area contributed by atoms with Crippen molar-refractivity contribution in [3.8, 4) is 0 Å². The largest absolute Gasteiger partial charge is 0.478 e. The Morgan fingerprint density at radius 2 is 2.15 bits per heavy atom. The van der Waals surface area contributed by atoms with Gasteiger partial charge in [-0.3, -0.25) is 0 Å². The number of rotatable bonds is 3. The van der Waals surface area contributed by atoms with Crippen molar-refractivity contribution in [1.82, 2.24) is 4.98 Å². The van der Waals surface area contributed by atoms with Crippen LogP contribution >= 0.6 is 11.3 Å². The summed E-state index contributed by atoms with van der Waals surface area (Å²) in [7, 11) is 0. The van der Waals surface area contributed by atoms with E-state index < -0.39 is 5.97 Å². The minimum Gasteiger partial charge on any atom is -0.478 e. The van der Waals surface area contributed by atoms with Crippen molar-refractivity contribution in [1.29, 1.82) is 0 Å². The summed E-state index contributed by atoms with van der Waals surface area (Å²) in [4.78, 5) is 17.0. The van der Waals surface area contributed by atoms with Crippen LogP contribution in [0.5, 0.6) is 0 Å². The molecule has 0 saturated carbocycles. The number of hydrogen-bond donors (Lipinski definition) is 1. The molecule has 1 aliphatic rings. The lowest BCUT2D eigenvalue weighted by molar-refractivity contribution is 0.0697. The first-order chi connectivity index (χ1) is 9.61. The summed E-state index contributed by atoms with van der Waals surface area (Å²) in [6.45, 7) is 2.30. The molecule has 1 unspecified atom stereocenters. The molecule has 0 bridgehead atoms. The van der Waals surface area contributed by atoms with E-state index in [2.05, 4.69) is 6.92 Å². The number of thiazole rings is 1. The molecule has 1 atom stereocenters. The minimum absolute atomic E-state index is 0.334. The Hall–Kier alpha value is -1.68. The van der Waals surface area contributed by atoms with E-state index in [1.54, 1.807) is 12.1 Å². The Kier molecular flexibility index (Phi) is 3.57. The molecule has 0 spiro atoms. The first-order valence-corrected chi connectivity index (χ1v) is 7.73. The lowest BCUT2D eigenvalue weighted by Gasteiger charge is -2.15. The van der Waals surface area contributed by atoms with Crippen LogP contribution in [0, 0.1) is 5.92 Å². The monoisotopic (exact) mass is 287 g/mol. The second kappa shape index (κ2) is 5.37. The van der Waals surface area contributed by atoms with Gasteiger partial charge in [0.1, 0.15) is 0 Å². The Bertz CT molecular complexity index is 630. The average molecular weight is 287 g/mol. The van der Waals surface area contributed by atoms with Gasteiger partial charge in [-0.15, -0.1) is 11.3 Å².